The van der Waals surface area contributed by atoms with Gasteiger partial charge in [-0.05, 0) is 24.5 Å². The number of imidazole rings is 1. The number of aliphatic imine (C=N–C) groups is 1. The van der Waals surface area contributed by atoms with Crippen molar-refractivity contribution < 1.29 is 0 Å². The summed E-state index contributed by atoms with van der Waals surface area (Å²) in [5.74, 6) is 2.23. The van der Waals surface area contributed by atoms with E-state index in [1.54, 1.807) is 0 Å². The van der Waals surface area contributed by atoms with Gasteiger partial charge in [0.05, 0.1) is 12.9 Å². The molecule has 1 atom stereocenters. The van der Waals surface area contributed by atoms with Gasteiger partial charge < -0.3 is 14.8 Å². The van der Waals surface area contributed by atoms with Crippen LogP contribution in [0.25, 0.3) is 0 Å². The fourth-order valence-electron chi connectivity index (χ4n) is 3.17. The highest BCUT2D eigenvalue weighted by Crippen LogP contribution is 2.21. The quantitative estimate of drug-likeness (QED) is 0.373. The van der Waals surface area contributed by atoms with Crippen molar-refractivity contribution in [2.75, 3.05) is 25.4 Å². The summed E-state index contributed by atoms with van der Waals surface area (Å²) in [6.45, 7) is 9.04. The van der Waals surface area contributed by atoms with Crippen molar-refractivity contribution in [2.45, 2.75) is 38.6 Å². The molecule has 1 aliphatic heterocycles. The van der Waals surface area contributed by atoms with E-state index >= 15 is 0 Å². The molecule has 1 aliphatic rings. The van der Waals surface area contributed by atoms with Gasteiger partial charge in [-0.25, -0.2) is 9.98 Å². The van der Waals surface area contributed by atoms with Crippen LogP contribution in [0.5, 0.6) is 0 Å². The van der Waals surface area contributed by atoms with Crippen LogP contribution in [0.4, 0.5) is 0 Å². The molecule has 2 aromatic rings. The van der Waals surface area contributed by atoms with E-state index in [0.29, 0.717) is 11.8 Å². The molecule has 0 amide bonds. The molecule has 27 heavy (non-hydrogen) atoms. The first-order chi connectivity index (χ1) is 12.8. The average Bonchev–Trinajstić information content (AvgIpc) is 3.18. The first-order valence-electron chi connectivity index (χ1n) is 9.47. The Labute approximate surface area is 184 Å². The lowest BCUT2D eigenvalue weighted by Gasteiger charge is -2.34. The lowest BCUT2D eigenvalue weighted by Crippen LogP contribution is -2.48. The fourth-order valence-corrected chi connectivity index (χ4v) is 4.35. The zero-order valence-corrected chi connectivity index (χ0v) is 19.3. The van der Waals surface area contributed by atoms with Gasteiger partial charge in [-0.1, -0.05) is 31.2 Å². The van der Waals surface area contributed by atoms with Gasteiger partial charge in [0.1, 0.15) is 0 Å². The van der Waals surface area contributed by atoms with Crippen LogP contribution in [-0.4, -0.2) is 51.0 Å². The average molecular weight is 499 g/mol. The van der Waals surface area contributed by atoms with E-state index in [0.717, 1.165) is 32.1 Å². The van der Waals surface area contributed by atoms with Crippen LogP contribution in [0, 0.1) is 0 Å². The summed E-state index contributed by atoms with van der Waals surface area (Å²) < 4.78 is 2.09. The zero-order valence-electron chi connectivity index (χ0n) is 16.2. The number of aromatic nitrogens is 2. The van der Waals surface area contributed by atoms with Crippen LogP contribution < -0.4 is 5.32 Å². The Morgan fingerprint density at radius 3 is 2.93 bits per heavy atom. The summed E-state index contributed by atoms with van der Waals surface area (Å²) in [7, 11) is 0. The van der Waals surface area contributed by atoms with E-state index in [1.807, 2.05) is 18.7 Å². The number of nitrogens with one attached hydrogen (secondary N) is 1. The predicted molar refractivity (Wildman–Crippen MR) is 126 cm³/mol. The highest BCUT2D eigenvalue weighted by atomic mass is 127. The molecule has 148 valence electrons. The largest absolute Gasteiger partial charge is 0.357 e. The minimum Gasteiger partial charge on any atom is -0.357 e. The van der Waals surface area contributed by atoms with Crippen LogP contribution in [0.2, 0.25) is 0 Å². The van der Waals surface area contributed by atoms with Crippen molar-refractivity contribution >= 4 is 41.7 Å². The van der Waals surface area contributed by atoms with Crippen LogP contribution in [-0.2, 0) is 13.1 Å². The van der Waals surface area contributed by atoms with Crippen LogP contribution in [0.15, 0.2) is 48.0 Å². The van der Waals surface area contributed by atoms with E-state index in [2.05, 4.69) is 69.6 Å². The summed E-state index contributed by atoms with van der Waals surface area (Å²) >= 11 is 2.09. The molecule has 1 aromatic carbocycles. The topological polar surface area (TPSA) is 45.5 Å². The number of hydrogen-bond donors (Lipinski definition) is 1. The molecule has 1 unspecified atom stereocenters. The molecule has 0 saturated carbocycles. The van der Waals surface area contributed by atoms with Gasteiger partial charge in [-0.3, -0.25) is 0 Å². The van der Waals surface area contributed by atoms with Crippen molar-refractivity contribution in [1.29, 1.82) is 0 Å². The van der Waals surface area contributed by atoms with Crippen LogP contribution in [0.1, 0.15) is 31.4 Å². The first-order valence-corrected chi connectivity index (χ1v) is 10.5. The number of nitrogens with zero attached hydrogens (tertiary/aromatic N) is 4. The standard InChI is InChI=1S/C20H29N5S.HI/c1-3-19-15-25(10-11-26-19)20(22-4-2)23-13-17-6-5-7-18(12-17)14-24-9-8-21-16-24;/h5-9,12,16,19H,3-4,10-11,13-15H2,1-2H3,(H,22,23);1H. The molecule has 0 spiro atoms. The predicted octanol–water partition coefficient (Wildman–Crippen LogP) is 3.84. The van der Waals surface area contributed by atoms with Crippen molar-refractivity contribution in [2.24, 2.45) is 4.99 Å². The second-order valence-corrected chi connectivity index (χ2v) is 7.98. The maximum Gasteiger partial charge on any atom is 0.194 e. The maximum atomic E-state index is 4.92. The molecule has 5 nitrogen and oxygen atoms in total. The number of halogens is 1. The van der Waals surface area contributed by atoms with Gasteiger partial charge in [0.15, 0.2) is 5.96 Å². The monoisotopic (exact) mass is 499 g/mol. The SMILES string of the molecule is CCNC(=NCc1cccc(Cn2ccnc2)c1)N1CCSC(CC)C1.I. The minimum atomic E-state index is 0. The second-order valence-electron chi connectivity index (χ2n) is 6.57. The smallest absolute Gasteiger partial charge is 0.194 e. The number of rotatable bonds is 6. The summed E-state index contributed by atoms with van der Waals surface area (Å²) in [5.41, 5.74) is 2.53. The Morgan fingerprint density at radius 2 is 2.19 bits per heavy atom. The Hall–Kier alpha value is -1.22. The molecule has 1 saturated heterocycles. The molecule has 1 fully saturated rings. The Morgan fingerprint density at radius 1 is 1.33 bits per heavy atom. The first kappa shape index (κ1) is 22.1. The summed E-state index contributed by atoms with van der Waals surface area (Å²) in [5, 5.41) is 4.19. The Balaban J connectivity index is 0.00000261. The van der Waals surface area contributed by atoms with Crippen molar-refractivity contribution in [3.05, 3.63) is 54.1 Å². The van der Waals surface area contributed by atoms with Crippen LogP contribution >= 0.6 is 35.7 Å². The van der Waals surface area contributed by atoms with Crippen molar-refractivity contribution in [1.82, 2.24) is 19.8 Å². The molecule has 3 rings (SSSR count). The van der Waals surface area contributed by atoms with Gasteiger partial charge >= 0.3 is 0 Å². The Kier molecular flexibility index (Phi) is 9.47. The van der Waals surface area contributed by atoms with E-state index in [9.17, 15) is 0 Å². The van der Waals surface area contributed by atoms with Gasteiger partial charge in [0.25, 0.3) is 0 Å². The molecule has 7 heteroatoms. The minimum absolute atomic E-state index is 0. The molecular formula is C20H30IN5S. The summed E-state index contributed by atoms with van der Waals surface area (Å²) in [4.78, 5) is 11.4. The zero-order chi connectivity index (χ0) is 18.2. The summed E-state index contributed by atoms with van der Waals surface area (Å²) in [6, 6.07) is 8.68. The van der Waals surface area contributed by atoms with Crippen molar-refractivity contribution in [3.8, 4) is 0 Å². The molecule has 0 bridgehead atoms. The molecular weight excluding hydrogens is 469 g/mol. The van der Waals surface area contributed by atoms with E-state index in [4.69, 9.17) is 4.99 Å². The lowest BCUT2D eigenvalue weighted by atomic mass is 10.1. The normalized spacial score (nSPS) is 17.5. The third-order valence-electron chi connectivity index (χ3n) is 4.56. The van der Waals surface area contributed by atoms with Gasteiger partial charge in [-0.15, -0.1) is 24.0 Å². The second kappa shape index (κ2) is 11.6. The van der Waals surface area contributed by atoms with E-state index < -0.39 is 0 Å². The number of guanidine groups is 1. The highest BCUT2D eigenvalue weighted by molar-refractivity contribution is 14.0. The van der Waals surface area contributed by atoms with Gasteiger partial charge in [0.2, 0.25) is 0 Å². The lowest BCUT2D eigenvalue weighted by molar-refractivity contribution is 0.408. The third kappa shape index (κ3) is 6.71. The molecule has 0 aliphatic carbocycles. The number of hydrogen-bond acceptors (Lipinski definition) is 3. The van der Waals surface area contributed by atoms with E-state index in [-0.39, 0.29) is 24.0 Å². The molecule has 1 aromatic heterocycles. The molecule has 1 N–H and O–H groups in total. The summed E-state index contributed by atoms with van der Waals surface area (Å²) in [6.07, 6.45) is 6.88. The highest BCUT2D eigenvalue weighted by Gasteiger charge is 2.21. The molecule has 2 heterocycles. The number of benzene rings is 1. The van der Waals surface area contributed by atoms with Crippen LogP contribution in [0.3, 0.4) is 0 Å². The number of thioether (sulfide) groups is 1. The van der Waals surface area contributed by atoms with Crippen molar-refractivity contribution in [3.63, 3.8) is 0 Å². The molecule has 0 radical (unpaired) electrons. The van der Waals surface area contributed by atoms with Gasteiger partial charge in [-0.2, -0.15) is 11.8 Å². The van der Waals surface area contributed by atoms with Gasteiger partial charge in [0, 0.05) is 49.6 Å². The Bertz CT molecular complexity index is 704. The fraction of sp³-hybridized carbons (Fsp3) is 0.500. The third-order valence-corrected chi connectivity index (χ3v) is 5.93. The van der Waals surface area contributed by atoms with E-state index in [1.165, 1.54) is 23.3 Å². The maximum absolute atomic E-state index is 4.92.